The van der Waals surface area contributed by atoms with Crippen LogP contribution >= 0.6 is 34.5 Å². The van der Waals surface area contributed by atoms with Crippen molar-refractivity contribution in [3.8, 4) is 16.2 Å². The maximum atomic E-state index is 13.0. The van der Waals surface area contributed by atoms with Crippen molar-refractivity contribution < 1.29 is 13.2 Å². The molecule has 1 atom stereocenters. The predicted molar refractivity (Wildman–Crippen MR) is 128 cm³/mol. The van der Waals surface area contributed by atoms with Gasteiger partial charge < -0.3 is 10.1 Å². The van der Waals surface area contributed by atoms with E-state index < -0.39 is 10.0 Å². The standard InChI is InChI=1S/C22H22Cl2N2O3S2/c1-14-5-3-4-6-16(14)21-18(24)12-20(30-21)31(27,28)26-15-7-8-17(23)19(11-15)29-22(2)9-10-25-13-22/h3-8,11-12,25-26H,9-10,13H2,1-2H3/t22-/m1/s1. The van der Waals surface area contributed by atoms with Gasteiger partial charge in [-0.25, -0.2) is 8.42 Å². The van der Waals surface area contributed by atoms with Crippen molar-refractivity contribution >= 4 is 50.2 Å². The van der Waals surface area contributed by atoms with Crippen LogP contribution in [0.5, 0.6) is 5.75 Å². The van der Waals surface area contributed by atoms with Gasteiger partial charge in [-0.1, -0.05) is 47.5 Å². The minimum absolute atomic E-state index is 0.139. The summed E-state index contributed by atoms with van der Waals surface area (Å²) in [5, 5.41) is 4.09. The molecule has 164 valence electrons. The van der Waals surface area contributed by atoms with E-state index in [1.54, 1.807) is 18.2 Å². The van der Waals surface area contributed by atoms with E-state index in [-0.39, 0.29) is 9.81 Å². The fourth-order valence-corrected chi connectivity index (χ4v) is 6.60. The summed E-state index contributed by atoms with van der Waals surface area (Å²) >= 11 is 13.8. The maximum Gasteiger partial charge on any atom is 0.271 e. The molecule has 1 saturated heterocycles. The highest BCUT2D eigenvalue weighted by molar-refractivity contribution is 7.94. The average molecular weight is 497 g/mol. The van der Waals surface area contributed by atoms with Crippen molar-refractivity contribution in [1.29, 1.82) is 0 Å². The molecule has 3 aromatic rings. The molecule has 0 radical (unpaired) electrons. The second-order valence-corrected chi connectivity index (χ2v) is 11.6. The minimum Gasteiger partial charge on any atom is -0.485 e. The fourth-order valence-electron chi connectivity index (χ4n) is 3.49. The summed E-state index contributed by atoms with van der Waals surface area (Å²) < 4.78 is 34.9. The molecule has 2 N–H and O–H groups in total. The molecule has 1 aromatic heterocycles. The Bertz CT molecular complexity index is 1220. The molecule has 0 unspecified atom stereocenters. The van der Waals surface area contributed by atoms with Gasteiger partial charge in [0.05, 0.1) is 20.6 Å². The van der Waals surface area contributed by atoms with E-state index in [2.05, 4.69) is 10.0 Å². The van der Waals surface area contributed by atoms with Gasteiger partial charge in [0.25, 0.3) is 10.0 Å². The van der Waals surface area contributed by atoms with E-state index in [9.17, 15) is 8.42 Å². The summed E-state index contributed by atoms with van der Waals surface area (Å²) in [6.07, 6.45) is 0.842. The molecule has 1 aliphatic heterocycles. The molecule has 0 aliphatic carbocycles. The predicted octanol–water partition coefficient (Wildman–Crippen LogP) is 5.96. The summed E-state index contributed by atoms with van der Waals surface area (Å²) in [6, 6.07) is 14.1. The van der Waals surface area contributed by atoms with E-state index in [1.165, 1.54) is 6.07 Å². The summed E-state index contributed by atoms with van der Waals surface area (Å²) in [4.78, 5) is 0.724. The number of anilines is 1. The van der Waals surface area contributed by atoms with Gasteiger partial charge in [-0.3, -0.25) is 4.72 Å². The highest BCUT2D eigenvalue weighted by Crippen LogP contribution is 2.40. The first-order valence-electron chi connectivity index (χ1n) is 9.74. The van der Waals surface area contributed by atoms with Crippen molar-refractivity contribution in [1.82, 2.24) is 5.32 Å². The summed E-state index contributed by atoms with van der Waals surface area (Å²) in [7, 11) is -3.83. The lowest BCUT2D eigenvalue weighted by Gasteiger charge is -2.25. The quantitative estimate of drug-likeness (QED) is 0.441. The minimum atomic E-state index is -3.83. The molecule has 1 fully saturated rings. The number of aryl methyl sites for hydroxylation is 1. The van der Waals surface area contributed by atoms with Crippen molar-refractivity contribution in [2.24, 2.45) is 0 Å². The first-order valence-corrected chi connectivity index (χ1v) is 12.8. The number of rotatable bonds is 6. The monoisotopic (exact) mass is 496 g/mol. The highest BCUT2D eigenvalue weighted by Gasteiger charge is 2.31. The van der Waals surface area contributed by atoms with Crippen LogP contribution in [0.25, 0.3) is 10.4 Å². The second kappa shape index (κ2) is 8.64. The molecule has 4 rings (SSSR count). The first kappa shape index (κ1) is 22.4. The third-order valence-electron chi connectivity index (χ3n) is 5.19. The van der Waals surface area contributed by atoms with Crippen molar-refractivity contribution in [3.63, 3.8) is 0 Å². The zero-order valence-corrected chi connectivity index (χ0v) is 20.2. The number of halogens is 2. The molecule has 1 aliphatic rings. The fraction of sp³-hybridized carbons (Fsp3) is 0.273. The molecule has 31 heavy (non-hydrogen) atoms. The Balaban J connectivity index is 1.60. The summed E-state index contributed by atoms with van der Waals surface area (Å²) in [5.74, 6) is 0.442. The number of ether oxygens (including phenoxy) is 1. The van der Waals surface area contributed by atoms with Gasteiger partial charge in [0.2, 0.25) is 0 Å². The van der Waals surface area contributed by atoms with Crippen LogP contribution in [0.1, 0.15) is 18.9 Å². The van der Waals surface area contributed by atoms with Crippen LogP contribution in [-0.2, 0) is 10.0 Å². The van der Waals surface area contributed by atoms with E-state index in [0.717, 1.165) is 40.3 Å². The van der Waals surface area contributed by atoms with Gasteiger partial charge in [0.1, 0.15) is 15.6 Å². The first-order chi connectivity index (χ1) is 14.7. The molecule has 2 heterocycles. The largest absolute Gasteiger partial charge is 0.485 e. The lowest BCUT2D eigenvalue weighted by molar-refractivity contribution is 0.111. The van der Waals surface area contributed by atoms with Crippen LogP contribution in [0.15, 0.2) is 52.7 Å². The number of hydrogen-bond acceptors (Lipinski definition) is 5. The lowest BCUT2D eigenvalue weighted by atomic mass is 10.1. The Hall–Kier alpha value is -1.77. The molecular formula is C22H22Cl2N2O3S2. The Morgan fingerprint density at radius 1 is 1.13 bits per heavy atom. The third kappa shape index (κ3) is 4.86. The Morgan fingerprint density at radius 3 is 2.61 bits per heavy atom. The zero-order valence-electron chi connectivity index (χ0n) is 17.0. The molecule has 0 spiro atoms. The van der Waals surface area contributed by atoms with Gasteiger partial charge in [-0.05, 0) is 49.7 Å². The van der Waals surface area contributed by atoms with Gasteiger partial charge in [-0.15, -0.1) is 11.3 Å². The van der Waals surface area contributed by atoms with Crippen molar-refractivity contribution in [2.75, 3.05) is 17.8 Å². The highest BCUT2D eigenvalue weighted by atomic mass is 35.5. The van der Waals surface area contributed by atoms with Crippen LogP contribution < -0.4 is 14.8 Å². The summed E-state index contributed by atoms with van der Waals surface area (Å²) in [5.41, 5.74) is 1.93. The summed E-state index contributed by atoms with van der Waals surface area (Å²) in [6.45, 7) is 5.53. The molecule has 0 saturated carbocycles. The number of sulfonamides is 1. The van der Waals surface area contributed by atoms with Gasteiger partial charge in [-0.2, -0.15) is 0 Å². The molecule has 0 bridgehead atoms. The van der Waals surface area contributed by atoms with E-state index in [4.69, 9.17) is 27.9 Å². The Kier molecular flexibility index (Phi) is 6.25. The van der Waals surface area contributed by atoms with Crippen LogP contribution in [0.3, 0.4) is 0 Å². The van der Waals surface area contributed by atoms with Crippen LogP contribution in [0, 0.1) is 6.92 Å². The van der Waals surface area contributed by atoms with Crippen LogP contribution in [0.4, 0.5) is 5.69 Å². The van der Waals surface area contributed by atoms with Crippen LogP contribution in [-0.4, -0.2) is 27.1 Å². The number of nitrogens with one attached hydrogen (secondary N) is 2. The van der Waals surface area contributed by atoms with Crippen molar-refractivity contribution in [2.45, 2.75) is 30.1 Å². The normalized spacial score (nSPS) is 18.8. The molecule has 9 heteroatoms. The van der Waals surface area contributed by atoms with Crippen LogP contribution in [0.2, 0.25) is 10.0 Å². The van der Waals surface area contributed by atoms with Gasteiger partial charge >= 0.3 is 0 Å². The molecule has 0 amide bonds. The van der Waals surface area contributed by atoms with E-state index >= 15 is 0 Å². The smallest absolute Gasteiger partial charge is 0.271 e. The van der Waals surface area contributed by atoms with Gasteiger partial charge in [0, 0.05) is 19.0 Å². The molecule has 2 aromatic carbocycles. The number of benzene rings is 2. The second-order valence-electron chi connectivity index (χ2n) is 7.79. The SMILES string of the molecule is Cc1ccccc1-c1sc(S(=O)(=O)Nc2ccc(Cl)c(O[C@]3(C)CCNC3)c2)cc1Cl. The molecular weight excluding hydrogens is 475 g/mol. The Morgan fingerprint density at radius 2 is 1.90 bits per heavy atom. The maximum absolute atomic E-state index is 13.0. The number of hydrogen-bond donors (Lipinski definition) is 2. The van der Waals surface area contributed by atoms with E-state index in [1.807, 2.05) is 38.1 Å². The van der Waals surface area contributed by atoms with E-state index in [0.29, 0.717) is 28.0 Å². The molecule has 5 nitrogen and oxygen atoms in total. The third-order valence-corrected chi connectivity index (χ3v) is 8.93. The zero-order chi connectivity index (χ0) is 22.2. The lowest BCUT2D eigenvalue weighted by Crippen LogP contribution is -2.34. The average Bonchev–Trinajstić information content (AvgIpc) is 3.31. The Labute approximate surface area is 196 Å². The van der Waals surface area contributed by atoms with Crippen molar-refractivity contribution in [3.05, 3.63) is 64.1 Å². The number of thiophene rings is 1. The topological polar surface area (TPSA) is 67.4 Å². The van der Waals surface area contributed by atoms with Gasteiger partial charge in [0.15, 0.2) is 0 Å².